The normalized spacial score (nSPS) is 17.1. The standard InChI is InChI=1S/C22H30N6O4.H2S/c1-13(2)30-7-8-31-16-10-24-18-9-15(5-6-19(18)32-12-16)27-22-25-11-17(20(23)29)21(28-22)26-14-3-4-14;/h5-6,9,11,13-14,16,24H,3-4,7-8,10,12H2,1-2H3,(H2,23,29)(H2,25,26,27,28);1H2/t16-;/m0./s1. The Bertz CT molecular complexity index is 956. The fourth-order valence-corrected chi connectivity index (χ4v) is 3.23. The van der Waals surface area contributed by atoms with Crippen LogP contribution in [-0.4, -0.2) is 60.5 Å². The van der Waals surface area contributed by atoms with Crippen LogP contribution in [0.5, 0.6) is 5.75 Å². The number of rotatable bonds is 10. The Labute approximate surface area is 200 Å². The van der Waals surface area contributed by atoms with E-state index in [1.165, 1.54) is 6.20 Å². The molecule has 2 aliphatic rings. The first-order valence-electron chi connectivity index (χ1n) is 10.9. The second-order valence-corrected chi connectivity index (χ2v) is 8.18. The molecule has 0 spiro atoms. The van der Waals surface area contributed by atoms with Crippen LogP contribution in [-0.2, 0) is 9.47 Å². The molecule has 0 unspecified atom stereocenters. The van der Waals surface area contributed by atoms with Crippen LogP contribution in [0.15, 0.2) is 24.4 Å². The van der Waals surface area contributed by atoms with E-state index in [2.05, 4.69) is 25.9 Å². The molecule has 10 nitrogen and oxygen atoms in total. The summed E-state index contributed by atoms with van der Waals surface area (Å²) in [4.78, 5) is 20.4. The highest BCUT2D eigenvalue weighted by Crippen LogP contribution is 2.31. The summed E-state index contributed by atoms with van der Waals surface area (Å²) in [6.45, 7) is 6.16. The molecule has 2 aromatic rings. The van der Waals surface area contributed by atoms with Gasteiger partial charge in [-0.15, -0.1) is 0 Å². The van der Waals surface area contributed by atoms with E-state index in [1.807, 2.05) is 32.0 Å². The lowest BCUT2D eigenvalue weighted by molar-refractivity contribution is -0.0207. The maximum Gasteiger partial charge on any atom is 0.254 e. The highest BCUT2D eigenvalue weighted by molar-refractivity contribution is 7.59. The minimum Gasteiger partial charge on any atom is -0.489 e. The topological polar surface area (TPSA) is 133 Å². The summed E-state index contributed by atoms with van der Waals surface area (Å²) in [6.07, 6.45) is 3.66. The molecule has 1 aliphatic carbocycles. The molecular formula is C22H32N6O4S. The Morgan fingerprint density at radius 1 is 1.33 bits per heavy atom. The largest absolute Gasteiger partial charge is 0.489 e. The number of nitrogens with zero attached hydrogens (tertiary/aromatic N) is 2. The molecule has 0 radical (unpaired) electrons. The lowest BCUT2D eigenvalue weighted by atomic mass is 10.2. The summed E-state index contributed by atoms with van der Waals surface area (Å²) in [5.41, 5.74) is 7.37. The SMILES string of the molecule is CC(C)OCCO[C@H]1CNc2cc(Nc3ncc(C(N)=O)c(NC4CC4)n3)ccc2OC1.S. The van der Waals surface area contributed by atoms with Gasteiger partial charge in [0.1, 0.15) is 24.3 Å². The van der Waals surface area contributed by atoms with Crippen LogP contribution in [0, 0.1) is 0 Å². The predicted molar refractivity (Wildman–Crippen MR) is 132 cm³/mol. The van der Waals surface area contributed by atoms with E-state index in [1.54, 1.807) is 0 Å². The van der Waals surface area contributed by atoms with Gasteiger partial charge in [0.25, 0.3) is 5.91 Å². The van der Waals surface area contributed by atoms with Crippen molar-refractivity contribution >= 4 is 42.5 Å². The van der Waals surface area contributed by atoms with Gasteiger partial charge in [0.15, 0.2) is 0 Å². The van der Waals surface area contributed by atoms with Crippen molar-refractivity contribution in [2.75, 3.05) is 42.3 Å². The summed E-state index contributed by atoms with van der Waals surface area (Å²) in [7, 11) is 0. The van der Waals surface area contributed by atoms with Crippen LogP contribution in [0.4, 0.5) is 23.1 Å². The molecule has 1 aliphatic heterocycles. The van der Waals surface area contributed by atoms with Crippen LogP contribution in [0.3, 0.4) is 0 Å². The smallest absolute Gasteiger partial charge is 0.254 e. The average Bonchev–Trinajstić information content (AvgIpc) is 3.58. The Hall–Kier alpha value is -2.76. The van der Waals surface area contributed by atoms with Crippen molar-refractivity contribution in [2.24, 2.45) is 5.73 Å². The number of hydrogen-bond donors (Lipinski definition) is 4. The maximum absolute atomic E-state index is 11.7. The molecule has 2 heterocycles. The molecule has 1 saturated carbocycles. The number of hydrogen-bond acceptors (Lipinski definition) is 9. The van der Waals surface area contributed by atoms with Gasteiger partial charge in [-0.2, -0.15) is 18.5 Å². The number of carbonyl (C=O) groups is 1. The molecule has 1 fully saturated rings. The maximum atomic E-state index is 11.7. The molecule has 11 heteroatoms. The van der Waals surface area contributed by atoms with Crippen molar-refractivity contribution in [2.45, 2.75) is 44.9 Å². The molecule has 180 valence electrons. The lowest BCUT2D eigenvalue weighted by Crippen LogP contribution is -2.29. The summed E-state index contributed by atoms with van der Waals surface area (Å²) in [5, 5.41) is 9.79. The van der Waals surface area contributed by atoms with Gasteiger partial charge >= 0.3 is 0 Å². The molecule has 1 amide bonds. The first-order chi connectivity index (χ1) is 15.5. The zero-order valence-electron chi connectivity index (χ0n) is 18.9. The minimum absolute atomic E-state index is 0. The number of nitrogens with two attached hydrogens (primary N) is 1. The van der Waals surface area contributed by atoms with Crippen LogP contribution in [0.25, 0.3) is 0 Å². The molecule has 5 N–H and O–H groups in total. The van der Waals surface area contributed by atoms with E-state index >= 15 is 0 Å². The third kappa shape index (κ3) is 7.11. The van der Waals surface area contributed by atoms with Crippen molar-refractivity contribution in [3.63, 3.8) is 0 Å². The molecule has 0 bridgehead atoms. The molecule has 1 atom stereocenters. The fourth-order valence-electron chi connectivity index (χ4n) is 3.23. The third-order valence-corrected chi connectivity index (χ3v) is 5.04. The van der Waals surface area contributed by atoms with Gasteiger partial charge in [0, 0.05) is 24.5 Å². The van der Waals surface area contributed by atoms with Crippen molar-refractivity contribution in [3.05, 3.63) is 30.0 Å². The summed E-state index contributed by atoms with van der Waals surface area (Å²) in [6, 6.07) is 6.03. The number of nitrogens with one attached hydrogen (secondary N) is 3. The number of anilines is 4. The van der Waals surface area contributed by atoms with E-state index in [9.17, 15) is 4.79 Å². The monoisotopic (exact) mass is 476 g/mol. The van der Waals surface area contributed by atoms with Crippen LogP contribution in [0.1, 0.15) is 37.0 Å². The predicted octanol–water partition coefficient (Wildman–Crippen LogP) is 2.62. The van der Waals surface area contributed by atoms with E-state index < -0.39 is 5.91 Å². The van der Waals surface area contributed by atoms with Crippen molar-refractivity contribution < 1.29 is 19.0 Å². The Balaban J connectivity index is 0.00000306. The highest BCUT2D eigenvalue weighted by Gasteiger charge is 2.24. The molecule has 1 aromatic heterocycles. The summed E-state index contributed by atoms with van der Waals surface area (Å²) >= 11 is 0. The summed E-state index contributed by atoms with van der Waals surface area (Å²) in [5.74, 6) is 1.02. The Kier molecular flexibility index (Phi) is 8.59. The molecular weight excluding hydrogens is 444 g/mol. The molecule has 0 saturated heterocycles. The second-order valence-electron chi connectivity index (χ2n) is 8.18. The van der Waals surface area contributed by atoms with Gasteiger partial charge in [-0.25, -0.2) is 4.98 Å². The Morgan fingerprint density at radius 2 is 2.15 bits per heavy atom. The number of amides is 1. The Morgan fingerprint density at radius 3 is 2.88 bits per heavy atom. The van der Waals surface area contributed by atoms with Crippen molar-refractivity contribution in [1.29, 1.82) is 0 Å². The van der Waals surface area contributed by atoms with E-state index in [-0.39, 0.29) is 31.3 Å². The highest BCUT2D eigenvalue weighted by atomic mass is 32.1. The van der Waals surface area contributed by atoms with Gasteiger partial charge in [-0.3, -0.25) is 4.79 Å². The van der Waals surface area contributed by atoms with Gasteiger partial charge in [-0.1, -0.05) is 0 Å². The van der Waals surface area contributed by atoms with Crippen LogP contribution < -0.4 is 26.4 Å². The van der Waals surface area contributed by atoms with Crippen LogP contribution in [0.2, 0.25) is 0 Å². The van der Waals surface area contributed by atoms with Crippen LogP contribution >= 0.6 is 13.5 Å². The molecule has 4 rings (SSSR count). The van der Waals surface area contributed by atoms with E-state index in [4.69, 9.17) is 19.9 Å². The van der Waals surface area contributed by atoms with Crippen molar-refractivity contribution in [1.82, 2.24) is 9.97 Å². The number of fused-ring (bicyclic) bond motifs is 1. The first kappa shape index (κ1) is 24.9. The van der Waals surface area contributed by atoms with Crippen molar-refractivity contribution in [3.8, 4) is 5.75 Å². The quantitative estimate of drug-likeness (QED) is 0.382. The molecule has 1 aromatic carbocycles. The van der Waals surface area contributed by atoms with Gasteiger partial charge in [0.2, 0.25) is 5.95 Å². The van der Waals surface area contributed by atoms with E-state index in [0.717, 1.165) is 30.0 Å². The van der Waals surface area contributed by atoms with E-state index in [0.29, 0.717) is 44.2 Å². The zero-order valence-corrected chi connectivity index (χ0v) is 19.9. The third-order valence-electron chi connectivity index (χ3n) is 5.04. The lowest BCUT2D eigenvalue weighted by Gasteiger charge is -2.16. The zero-order chi connectivity index (χ0) is 22.5. The average molecular weight is 477 g/mol. The van der Waals surface area contributed by atoms with Gasteiger partial charge < -0.3 is 35.9 Å². The second kappa shape index (κ2) is 11.4. The van der Waals surface area contributed by atoms with Gasteiger partial charge in [-0.05, 0) is 44.9 Å². The number of benzene rings is 1. The van der Waals surface area contributed by atoms with Gasteiger partial charge in [0.05, 0.1) is 30.6 Å². The first-order valence-corrected chi connectivity index (χ1v) is 10.9. The number of primary amides is 1. The molecule has 33 heavy (non-hydrogen) atoms. The number of aromatic nitrogens is 2. The fraction of sp³-hybridized carbons (Fsp3) is 0.500. The summed E-state index contributed by atoms with van der Waals surface area (Å²) < 4.78 is 17.3. The number of ether oxygens (including phenoxy) is 3. The number of carbonyl (C=O) groups excluding carboxylic acids is 1. The minimum atomic E-state index is -0.557.